The molecule has 0 saturated heterocycles. The maximum Gasteiger partial charge on any atom is 0.129 e. The van der Waals surface area contributed by atoms with Gasteiger partial charge in [0.15, 0.2) is 0 Å². The molecular weight excluding hydrogens is 138 g/mol. The van der Waals surface area contributed by atoms with Gasteiger partial charge in [0.05, 0.1) is 0 Å². The number of carbonyl (C=O) groups excluding carboxylic acids is 1. The Labute approximate surface area is 58.6 Å². The third-order valence-corrected chi connectivity index (χ3v) is 1.64. The zero-order valence-electron chi connectivity index (χ0n) is 5.12. The van der Waals surface area contributed by atoms with Gasteiger partial charge in [-0.15, -0.1) is 0 Å². The van der Waals surface area contributed by atoms with Crippen molar-refractivity contribution in [2.45, 2.75) is 12.6 Å². The molecule has 3 N–H and O–H groups in total. The highest BCUT2D eigenvalue weighted by atomic mass is 32.2. The first kappa shape index (κ1) is 8.94. The fraction of sp³-hybridized carbons (Fsp3) is 0.800. The number of thioether (sulfide) groups is 1. The van der Waals surface area contributed by atoms with Gasteiger partial charge in [-0.2, -0.15) is 11.8 Å². The maximum absolute atomic E-state index is 9.73. The van der Waals surface area contributed by atoms with E-state index in [4.69, 9.17) is 10.8 Å². The van der Waals surface area contributed by atoms with Crippen molar-refractivity contribution in [3.8, 4) is 0 Å². The van der Waals surface area contributed by atoms with Crippen LogP contribution >= 0.6 is 11.8 Å². The molecule has 1 unspecified atom stereocenters. The van der Waals surface area contributed by atoms with Crippen LogP contribution in [-0.4, -0.2) is 29.1 Å². The van der Waals surface area contributed by atoms with Gasteiger partial charge in [0, 0.05) is 5.75 Å². The third-order valence-electron chi connectivity index (χ3n) is 0.744. The molecular formula is C5H11NO2S. The van der Waals surface area contributed by atoms with Crippen LogP contribution in [0.4, 0.5) is 0 Å². The van der Waals surface area contributed by atoms with Crippen LogP contribution in [0.2, 0.25) is 0 Å². The van der Waals surface area contributed by atoms with Crippen LogP contribution in [-0.2, 0) is 4.79 Å². The molecule has 0 aromatic rings. The van der Waals surface area contributed by atoms with Crippen LogP contribution in [0, 0.1) is 0 Å². The second-order valence-corrected chi connectivity index (χ2v) is 2.75. The minimum Gasteiger partial charge on any atom is -0.379 e. The monoisotopic (exact) mass is 149 g/mol. The van der Waals surface area contributed by atoms with Gasteiger partial charge >= 0.3 is 0 Å². The Balaban J connectivity index is 2.82. The Morgan fingerprint density at radius 1 is 1.78 bits per heavy atom. The summed E-state index contributed by atoms with van der Waals surface area (Å²) in [6.45, 7) is 0. The van der Waals surface area contributed by atoms with E-state index in [0.29, 0.717) is 12.2 Å². The number of hydrogen-bond acceptors (Lipinski definition) is 4. The van der Waals surface area contributed by atoms with Gasteiger partial charge in [-0.3, -0.25) is 0 Å². The lowest BCUT2D eigenvalue weighted by Gasteiger charge is -2.00. The molecule has 0 bridgehead atoms. The summed E-state index contributed by atoms with van der Waals surface area (Å²) in [5.74, 6) is 1.24. The summed E-state index contributed by atoms with van der Waals surface area (Å²) in [6, 6.07) is 0. The average molecular weight is 149 g/mol. The summed E-state index contributed by atoms with van der Waals surface area (Å²) in [5.41, 5.74) is 5.03. The number of nitrogens with two attached hydrogens (primary N) is 1. The van der Waals surface area contributed by atoms with Crippen molar-refractivity contribution < 1.29 is 9.90 Å². The molecule has 0 aliphatic rings. The summed E-state index contributed by atoms with van der Waals surface area (Å²) in [4.78, 5) is 9.73. The molecule has 0 rings (SSSR count). The zero-order valence-corrected chi connectivity index (χ0v) is 5.93. The van der Waals surface area contributed by atoms with E-state index < -0.39 is 6.23 Å². The molecule has 54 valence electrons. The van der Waals surface area contributed by atoms with Crippen LogP contribution in [0.15, 0.2) is 0 Å². The summed E-state index contributed by atoms with van der Waals surface area (Å²) < 4.78 is 0. The van der Waals surface area contributed by atoms with Gasteiger partial charge in [0.2, 0.25) is 0 Å². The average Bonchev–Trinajstić information content (AvgIpc) is 1.80. The van der Waals surface area contributed by atoms with E-state index in [-0.39, 0.29) is 0 Å². The number of aldehydes is 1. The van der Waals surface area contributed by atoms with Gasteiger partial charge in [-0.05, 0) is 12.2 Å². The normalized spacial score (nSPS) is 13.1. The first-order valence-corrected chi connectivity index (χ1v) is 3.88. The molecule has 0 saturated carbocycles. The minimum atomic E-state index is -0.732. The van der Waals surface area contributed by atoms with Gasteiger partial charge in [0.1, 0.15) is 12.5 Å². The molecule has 0 radical (unpaired) electrons. The van der Waals surface area contributed by atoms with Crippen molar-refractivity contribution >= 4 is 18.0 Å². The van der Waals surface area contributed by atoms with Crippen molar-refractivity contribution in [3.63, 3.8) is 0 Å². The van der Waals surface area contributed by atoms with Gasteiger partial charge in [0.25, 0.3) is 0 Å². The topological polar surface area (TPSA) is 63.3 Å². The maximum atomic E-state index is 9.73. The van der Waals surface area contributed by atoms with Crippen LogP contribution in [0.5, 0.6) is 0 Å². The number of carbonyl (C=O) groups is 1. The van der Waals surface area contributed by atoms with Crippen molar-refractivity contribution in [2.24, 2.45) is 5.73 Å². The fourth-order valence-corrected chi connectivity index (χ4v) is 1.01. The highest BCUT2D eigenvalue weighted by Crippen LogP contribution is 2.00. The molecule has 4 heteroatoms. The first-order valence-electron chi connectivity index (χ1n) is 2.72. The SMILES string of the molecule is NC(O)CCSCC=O. The van der Waals surface area contributed by atoms with Crippen LogP contribution in [0.1, 0.15) is 6.42 Å². The number of aliphatic hydroxyl groups excluding tert-OH is 1. The van der Waals surface area contributed by atoms with E-state index >= 15 is 0 Å². The van der Waals surface area contributed by atoms with Crippen molar-refractivity contribution in [2.75, 3.05) is 11.5 Å². The standard InChI is InChI=1S/C5H11NO2S/c6-5(8)1-3-9-4-2-7/h2,5,8H,1,3-4,6H2. The van der Waals surface area contributed by atoms with E-state index in [0.717, 1.165) is 12.0 Å². The van der Waals surface area contributed by atoms with E-state index in [1.165, 1.54) is 11.8 Å². The highest BCUT2D eigenvalue weighted by Gasteiger charge is 1.93. The molecule has 0 fully saturated rings. The number of aliphatic hydroxyl groups is 1. The lowest BCUT2D eigenvalue weighted by Crippen LogP contribution is -2.19. The van der Waals surface area contributed by atoms with Crippen LogP contribution in [0.25, 0.3) is 0 Å². The molecule has 0 aromatic carbocycles. The molecule has 0 aliphatic carbocycles. The first-order chi connectivity index (χ1) is 4.27. The minimum absolute atomic E-state index is 0.493. The summed E-state index contributed by atoms with van der Waals surface area (Å²) in [7, 11) is 0. The third kappa shape index (κ3) is 7.94. The Kier molecular flexibility index (Phi) is 6.03. The molecule has 0 aliphatic heterocycles. The Morgan fingerprint density at radius 2 is 2.44 bits per heavy atom. The smallest absolute Gasteiger partial charge is 0.129 e. The Morgan fingerprint density at radius 3 is 2.89 bits per heavy atom. The predicted molar refractivity (Wildman–Crippen MR) is 38.2 cm³/mol. The lowest BCUT2D eigenvalue weighted by molar-refractivity contribution is -0.105. The lowest BCUT2D eigenvalue weighted by atomic mass is 10.4. The summed E-state index contributed by atoms with van der Waals surface area (Å²) in [6.07, 6.45) is 0.663. The molecule has 1 atom stereocenters. The van der Waals surface area contributed by atoms with Crippen LogP contribution in [0.3, 0.4) is 0 Å². The Bertz CT molecular complexity index is 77.4. The summed E-state index contributed by atoms with van der Waals surface area (Å²) >= 11 is 1.47. The summed E-state index contributed by atoms with van der Waals surface area (Å²) in [5, 5.41) is 8.53. The molecule has 3 nitrogen and oxygen atoms in total. The van der Waals surface area contributed by atoms with E-state index in [9.17, 15) is 4.79 Å². The fourth-order valence-electron chi connectivity index (χ4n) is 0.336. The van der Waals surface area contributed by atoms with E-state index in [1.54, 1.807) is 0 Å². The second kappa shape index (κ2) is 6.07. The largest absolute Gasteiger partial charge is 0.379 e. The molecule has 9 heavy (non-hydrogen) atoms. The molecule has 0 aromatic heterocycles. The zero-order chi connectivity index (χ0) is 7.11. The molecule has 0 spiro atoms. The molecule has 0 heterocycles. The van der Waals surface area contributed by atoms with Gasteiger partial charge in [-0.25, -0.2) is 0 Å². The van der Waals surface area contributed by atoms with E-state index in [2.05, 4.69) is 0 Å². The Hall–Kier alpha value is -0.0600. The van der Waals surface area contributed by atoms with Crippen LogP contribution < -0.4 is 5.73 Å². The predicted octanol–water partition coefficient (Wildman–Crippen LogP) is -0.414. The molecule has 0 amide bonds. The van der Waals surface area contributed by atoms with Crippen molar-refractivity contribution in [3.05, 3.63) is 0 Å². The van der Waals surface area contributed by atoms with Crippen molar-refractivity contribution in [1.82, 2.24) is 0 Å². The van der Waals surface area contributed by atoms with Crippen molar-refractivity contribution in [1.29, 1.82) is 0 Å². The number of hydrogen-bond donors (Lipinski definition) is 2. The van der Waals surface area contributed by atoms with Gasteiger partial charge < -0.3 is 15.6 Å². The van der Waals surface area contributed by atoms with E-state index in [1.807, 2.05) is 0 Å². The quantitative estimate of drug-likeness (QED) is 0.317. The van der Waals surface area contributed by atoms with Gasteiger partial charge in [-0.1, -0.05) is 0 Å². The second-order valence-electron chi connectivity index (χ2n) is 1.60. The highest BCUT2D eigenvalue weighted by molar-refractivity contribution is 7.99. The number of rotatable bonds is 5.